The van der Waals surface area contributed by atoms with Crippen LogP contribution in [0.4, 0.5) is 0 Å². The zero-order valence-corrected chi connectivity index (χ0v) is 15.4. The molecule has 2 aromatic rings. The predicted octanol–water partition coefficient (Wildman–Crippen LogP) is 3.91. The lowest BCUT2D eigenvalue weighted by molar-refractivity contribution is -0.132. The van der Waals surface area contributed by atoms with Crippen LogP contribution in [0.2, 0.25) is 0 Å². The fourth-order valence-electron chi connectivity index (χ4n) is 3.48. The van der Waals surface area contributed by atoms with Crippen LogP contribution >= 0.6 is 11.6 Å². The fourth-order valence-corrected chi connectivity index (χ4v) is 3.61. The van der Waals surface area contributed by atoms with Gasteiger partial charge in [-0.2, -0.15) is 0 Å². The highest BCUT2D eigenvalue weighted by Crippen LogP contribution is 2.24. The number of aryl methyl sites for hydroxylation is 2. The Morgan fingerprint density at radius 2 is 1.96 bits per heavy atom. The molecular weight excluding hydrogens is 322 g/mol. The minimum absolute atomic E-state index is 0.258. The van der Waals surface area contributed by atoms with Crippen molar-refractivity contribution in [2.45, 2.75) is 46.1 Å². The minimum Gasteiger partial charge on any atom is -0.343 e. The molecule has 0 unspecified atom stereocenters. The highest BCUT2D eigenvalue weighted by atomic mass is 35.5. The van der Waals surface area contributed by atoms with Gasteiger partial charge in [-0.15, -0.1) is 11.6 Å². The summed E-state index contributed by atoms with van der Waals surface area (Å²) in [5.41, 5.74) is 4.89. The van der Waals surface area contributed by atoms with Gasteiger partial charge >= 0.3 is 0 Å². The van der Waals surface area contributed by atoms with Gasteiger partial charge in [0.05, 0.1) is 17.4 Å². The molecule has 4 nitrogen and oxygen atoms in total. The van der Waals surface area contributed by atoms with E-state index in [0.717, 1.165) is 44.4 Å². The Labute approximate surface area is 148 Å². The number of imidazole rings is 1. The van der Waals surface area contributed by atoms with Crippen LogP contribution in [-0.4, -0.2) is 39.3 Å². The molecule has 1 aliphatic rings. The Kier molecular flexibility index (Phi) is 5.44. The molecule has 0 aliphatic carbocycles. The number of piperidine rings is 1. The zero-order chi connectivity index (χ0) is 17.1. The molecule has 1 saturated heterocycles. The monoisotopic (exact) mass is 347 g/mol. The van der Waals surface area contributed by atoms with Gasteiger partial charge in [-0.3, -0.25) is 4.79 Å². The molecule has 5 heteroatoms. The third-order valence-corrected chi connectivity index (χ3v) is 5.45. The number of carbonyl (C=O) groups is 1. The zero-order valence-electron chi connectivity index (χ0n) is 14.6. The molecule has 0 radical (unpaired) electrons. The van der Waals surface area contributed by atoms with Crippen LogP contribution in [0, 0.1) is 19.8 Å². The SMILES string of the molecule is Cc1cc2ncn(CC3CCN(C(=O)CCCCl)CC3)c2cc1C. The molecule has 0 atom stereocenters. The van der Waals surface area contributed by atoms with Crippen LogP contribution < -0.4 is 0 Å². The molecule has 0 bridgehead atoms. The topological polar surface area (TPSA) is 38.1 Å². The van der Waals surface area contributed by atoms with Gasteiger partial charge in [0, 0.05) is 31.9 Å². The van der Waals surface area contributed by atoms with Crippen molar-refractivity contribution >= 4 is 28.5 Å². The van der Waals surface area contributed by atoms with Gasteiger partial charge in [-0.1, -0.05) is 0 Å². The van der Waals surface area contributed by atoms with Crippen molar-refractivity contribution in [2.75, 3.05) is 19.0 Å². The lowest BCUT2D eigenvalue weighted by Gasteiger charge is -2.32. The van der Waals surface area contributed by atoms with E-state index in [1.165, 1.54) is 16.6 Å². The van der Waals surface area contributed by atoms with E-state index in [9.17, 15) is 4.79 Å². The van der Waals surface area contributed by atoms with Gasteiger partial charge in [0.25, 0.3) is 0 Å². The predicted molar refractivity (Wildman–Crippen MR) is 98.5 cm³/mol. The second-order valence-corrected chi connectivity index (χ2v) is 7.32. The van der Waals surface area contributed by atoms with Gasteiger partial charge in [0.15, 0.2) is 0 Å². The summed E-state index contributed by atoms with van der Waals surface area (Å²) < 4.78 is 2.28. The summed E-state index contributed by atoms with van der Waals surface area (Å²) in [6.07, 6.45) is 5.45. The molecule has 0 N–H and O–H groups in total. The average Bonchev–Trinajstić information content (AvgIpc) is 2.95. The first kappa shape index (κ1) is 17.3. The van der Waals surface area contributed by atoms with E-state index in [-0.39, 0.29) is 5.91 Å². The number of hydrogen-bond acceptors (Lipinski definition) is 2. The Morgan fingerprint density at radius 3 is 2.67 bits per heavy atom. The number of amides is 1. The van der Waals surface area contributed by atoms with Crippen LogP contribution in [0.25, 0.3) is 11.0 Å². The molecule has 24 heavy (non-hydrogen) atoms. The second kappa shape index (κ2) is 7.56. The molecule has 2 heterocycles. The summed E-state index contributed by atoms with van der Waals surface area (Å²) in [6.45, 7) is 7.01. The number of alkyl halides is 1. The number of benzene rings is 1. The van der Waals surface area contributed by atoms with Crippen LogP contribution in [-0.2, 0) is 11.3 Å². The maximum absolute atomic E-state index is 12.1. The molecule has 130 valence electrons. The summed E-state index contributed by atoms with van der Waals surface area (Å²) in [4.78, 5) is 18.6. The van der Waals surface area contributed by atoms with E-state index < -0.39 is 0 Å². The highest BCUT2D eigenvalue weighted by molar-refractivity contribution is 6.17. The largest absolute Gasteiger partial charge is 0.343 e. The summed E-state index contributed by atoms with van der Waals surface area (Å²) in [5, 5.41) is 0. The number of aromatic nitrogens is 2. The van der Waals surface area contributed by atoms with E-state index in [0.29, 0.717) is 18.2 Å². The number of fused-ring (bicyclic) bond motifs is 1. The summed E-state index contributed by atoms with van der Waals surface area (Å²) in [7, 11) is 0. The van der Waals surface area contributed by atoms with Gasteiger partial charge < -0.3 is 9.47 Å². The van der Waals surface area contributed by atoms with Crippen molar-refractivity contribution < 1.29 is 4.79 Å². The molecule has 1 aromatic heterocycles. The molecule has 1 fully saturated rings. The second-order valence-electron chi connectivity index (χ2n) is 6.94. The van der Waals surface area contributed by atoms with Crippen molar-refractivity contribution in [3.05, 3.63) is 29.6 Å². The number of halogens is 1. The first-order valence-electron chi connectivity index (χ1n) is 8.84. The first-order chi connectivity index (χ1) is 11.6. The standard InChI is InChI=1S/C19H26ClN3O/c1-14-10-17-18(11-15(14)2)23(13-21-17)12-16-5-8-22(9-6-16)19(24)4-3-7-20/h10-11,13,16H,3-9,12H2,1-2H3. The van der Waals surface area contributed by atoms with Crippen LogP contribution in [0.1, 0.15) is 36.8 Å². The quantitative estimate of drug-likeness (QED) is 0.769. The third kappa shape index (κ3) is 3.75. The van der Waals surface area contributed by atoms with E-state index in [1.54, 1.807) is 0 Å². The average molecular weight is 348 g/mol. The Balaban J connectivity index is 1.60. The normalized spacial score (nSPS) is 16.0. The first-order valence-corrected chi connectivity index (χ1v) is 9.37. The molecule has 0 saturated carbocycles. The van der Waals surface area contributed by atoms with Crippen molar-refractivity contribution in [2.24, 2.45) is 5.92 Å². The molecule has 1 aliphatic heterocycles. The maximum Gasteiger partial charge on any atom is 0.222 e. The Morgan fingerprint density at radius 1 is 1.25 bits per heavy atom. The number of rotatable bonds is 5. The maximum atomic E-state index is 12.1. The lowest BCUT2D eigenvalue weighted by Crippen LogP contribution is -2.39. The van der Waals surface area contributed by atoms with Crippen LogP contribution in [0.15, 0.2) is 18.5 Å². The van der Waals surface area contributed by atoms with Gasteiger partial charge in [0.2, 0.25) is 5.91 Å². The molecule has 1 amide bonds. The van der Waals surface area contributed by atoms with Gasteiger partial charge in [0.1, 0.15) is 0 Å². The molecule has 0 spiro atoms. The van der Waals surface area contributed by atoms with Crippen LogP contribution in [0.3, 0.4) is 0 Å². The summed E-state index contributed by atoms with van der Waals surface area (Å²) in [5.74, 6) is 1.43. The van der Waals surface area contributed by atoms with E-state index in [1.807, 2.05) is 11.2 Å². The number of carbonyl (C=O) groups excluding carboxylic acids is 1. The fraction of sp³-hybridized carbons (Fsp3) is 0.579. The molecule has 1 aromatic carbocycles. The highest BCUT2D eigenvalue weighted by Gasteiger charge is 2.23. The third-order valence-electron chi connectivity index (χ3n) is 5.18. The molecular formula is C19H26ClN3O. The van der Waals surface area contributed by atoms with Crippen molar-refractivity contribution in [1.29, 1.82) is 0 Å². The summed E-state index contributed by atoms with van der Waals surface area (Å²) >= 11 is 5.68. The van der Waals surface area contributed by atoms with Crippen molar-refractivity contribution in [3.63, 3.8) is 0 Å². The van der Waals surface area contributed by atoms with Gasteiger partial charge in [-0.25, -0.2) is 4.98 Å². The number of likely N-dealkylation sites (tertiary alicyclic amines) is 1. The number of nitrogens with zero attached hydrogens (tertiary/aromatic N) is 3. The molecule has 3 rings (SSSR count). The van der Waals surface area contributed by atoms with Crippen molar-refractivity contribution in [3.8, 4) is 0 Å². The van der Waals surface area contributed by atoms with E-state index in [2.05, 4.69) is 35.5 Å². The summed E-state index contributed by atoms with van der Waals surface area (Å²) in [6, 6.07) is 4.40. The van der Waals surface area contributed by atoms with E-state index in [4.69, 9.17) is 11.6 Å². The minimum atomic E-state index is 0.258. The van der Waals surface area contributed by atoms with Crippen molar-refractivity contribution in [1.82, 2.24) is 14.5 Å². The lowest BCUT2D eigenvalue weighted by atomic mass is 9.96. The Bertz CT molecular complexity index is 717. The smallest absolute Gasteiger partial charge is 0.222 e. The van der Waals surface area contributed by atoms with Crippen LogP contribution in [0.5, 0.6) is 0 Å². The number of hydrogen-bond donors (Lipinski definition) is 0. The Hall–Kier alpha value is -1.55. The van der Waals surface area contributed by atoms with E-state index >= 15 is 0 Å². The van der Waals surface area contributed by atoms with Gasteiger partial charge in [-0.05, 0) is 62.3 Å².